The minimum atomic E-state index is -0.601. The van der Waals surface area contributed by atoms with E-state index in [0.29, 0.717) is 31.1 Å². The van der Waals surface area contributed by atoms with Crippen molar-refractivity contribution in [2.75, 3.05) is 13.2 Å². The number of hydrogen-bond acceptors (Lipinski definition) is 8. The molecule has 11 heteroatoms. The normalized spacial score (nSPS) is 17.2. The molecule has 2 aromatic carbocycles. The van der Waals surface area contributed by atoms with Crippen molar-refractivity contribution in [2.24, 2.45) is 0 Å². The second-order valence-corrected chi connectivity index (χ2v) is 10.7. The zero-order valence-corrected chi connectivity index (χ0v) is 23.5. The van der Waals surface area contributed by atoms with Gasteiger partial charge in [-0.1, -0.05) is 67.0 Å². The maximum Gasteiger partial charge on any atom is 0.439 e. The summed E-state index contributed by atoms with van der Waals surface area (Å²) in [6.45, 7) is 2.45. The summed E-state index contributed by atoms with van der Waals surface area (Å²) in [6.07, 6.45) is 6.95. The van der Waals surface area contributed by atoms with Gasteiger partial charge in [-0.25, -0.2) is 9.31 Å². The number of hydrogen-bond donors (Lipinski definition) is 2. The fourth-order valence-electron chi connectivity index (χ4n) is 6.06. The van der Waals surface area contributed by atoms with Gasteiger partial charge in [-0.05, 0) is 48.8 Å². The topological polar surface area (TPSA) is 141 Å². The second kappa shape index (κ2) is 12.3. The fraction of sp³-hybridized carbons (Fsp3) is 0.387. The maximum absolute atomic E-state index is 14.2. The van der Waals surface area contributed by atoms with Crippen LogP contribution in [0.1, 0.15) is 61.9 Å². The molecule has 2 N–H and O–H groups in total. The molecule has 3 aromatic heterocycles. The van der Waals surface area contributed by atoms with Crippen molar-refractivity contribution in [3.05, 3.63) is 92.6 Å². The van der Waals surface area contributed by atoms with E-state index in [0.717, 1.165) is 65.6 Å². The Bertz CT molecular complexity index is 1780. The smallest absolute Gasteiger partial charge is 0.394 e. The number of ether oxygens (including phenoxy) is 1. The molecular formula is C31H34N6O5. The van der Waals surface area contributed by atoms with Gasteiger partial charge >= 0.3 is 5.76 Å². The predicted octanol–water partition coefficient (Wildman–Crippen LogP) is 3.94. The van der Waals surface area contributed by atoms with E-state index >= 15 is 0 Å². The zero-order chi connectivity index (χ0) is 29.1. The van der Waals surface area contributed by atoms with Gasteiger partial charge in [0.2, 0.25) is 5.78 Å². The Morgan fingerprint density at radius 1 is 1.05 bits per heavy atom. The highest BCUT2D eigenvalue weighted by atomic mass is 16.5. The molecule has 0 radical (unpaired) electrons. The van der Waals surface area contributed by atoms with Crippen molar-refractivity contribution in [1.82, 2.24) is 29.3 Å². The number of aryl methyl sites for hydroxylation is 1. The molecule has 11 nitrogen and oxygen atoms in total. The van der Waals surface area contributed by atoms with E-state index in [1.165, 1.54) is 6.33 Å². The van der Waals surface area contributed by atoms with Crippen molar-refractivity contribution >= 4 is 5.78 Å². The van der Waals surface area contributed by atoms with Gasteiger partial charge in [-0.3, -0.25) is 18.9 Å². The molecule has 0 atom stereocenters. The van der Waals surface area contributed by atoms with Crippen LogP contribution in [0.15, 0.2) is 69.0 Å². The molecule has 1 aliphatic carbocycles. The Morgan fingerprint density at radius 3 is 2.50 bits per heavy atom. The van der Waals surface area contributed by atoms with Crippen LogP contribution in [0.25, 0.3) is 28.3 Å². The van der Waals surface area contributed by atoms with Crippen LogP contribution >= 0.6 is 0 Å². The highest BCUT2D eigenvalue weighted by Gasteiger charge is 2.28. The summed E-state index contributed by atoms with van der Waals surface area (Å²) < 4.78 is 14.2. The molecule has 0 saturated heterocycles. The van der Waals surface area contributed by atoms with E-state index in [1.54, 1.807) is 0 Å². The Kier molecular flexibility index (Phi) is 8.11. The van der Waals surface area contributed by atoms with Crippen LogP contribution in [0, 0.1) is 0 Å². The molecule has 0 aliphatic heterocycles. The number of nitrogens with zero attached hydrogens (tertiary/aromatic N) is 5. The van der Waals surface area contributed by atoms with Gasteiger partial charge in [0.25, 0.3) is 5.56 Å². The molecule has 1 saturated carbocycles. The summed E-state index contributed by atoms with van der Waals surface area (Å²) in [7, 11) is 0. The summed E-state index contributed by atoms with van der Waals surface area (Å²) in [5.41, 5.74) is 5.26. The van der Waals surface area contributed by atoms with Crippen LogP contribution in [0.5, 0.6) is 0 Å². The molecule has 42 heavy (non-hydrogen) atoms. The van der Waals surface area contributed by atoms with Gasteiger partial charge in [-0.15, -0.1) is 0 Å². The first-order chi connectivity index (χ1) is 20.6. The SMILES string of the molecule is CCCc1c(Cc2ccc(-c3ccccc3-c3noc(=O)[nH]3)cc2)c(=O)n(C2CCC(OCCO)CC2)c2ncnn12. The fourth-order valence-corrected chi connectivity index (χ4v) is 6.06. The van der Waals surface area contributed by atoms with Crippen molar-refractivity contribution in [2.45, 2.75) is 64.0 Å². The molecule has 3 heterocycles. The Hall–Kier alpha value is -4.35. The minimum absolute atomic E-state index is 0.00875. The molecule has 1 fully saturated rings. The number of H-pyrrole nitrogens is 1. The summed E-state index contributed by atoms with van der Waals surface area (Å²) in [5, 5.41) is 17.5. The van der Waals surface area contributed by atoms with Gasteiger partial charge in [0.1, 0.15) is 6.33 Å². The quantitative estimate of drug-likeness (QED) is 0.257. The lowest BCUT2D eigenvalue weighted by Crippen LogP contribution is -2.35. The molecule has 218 valence electrons. The minimum Gasteiger partial charge on any atom is -0.394 e. The first-order valence-electron chi connectivity index (χ1n) is 14.5. The average Bonchev–Trinajstić information content (AvgIpc) is 3.68. The number of nitrogens with one attached hydrogen (secondary N) is 1. The van der Waals surface area contributed by atoms with E-state index in [1.807, 2.05) is 57.6 Å². The third kappa shape index (κ3) is 5.45. The highest BCUT2D eigenvalue weighted by molar-refractivity contribution is 5.80. The number of aromatic nitrogens is 6. The van der Waals surface area contributed by atoms with Gasteiger partial charge in [0.05, 0.1) is 25.0 Å². The van der Waals surface area contributed by atoms with Crippen molar-refractivity contribution < 1.29 is 14.4 Å². The third-order valence-corrected chi connectivity index (χ3v) is 8.04. The Labute approximate surface area is 241 Å². The molecule has 0 unspecified atom stereocenters. The Balaban J connectivity index is 1.33. The molecule has 6 rings (SSSR count). The van der Waals surface area contributed by atoms with Gasteiger partial charge in [0, 0.05) is 23.6 Å². The Morgan fingerprint density at radius 2 is 1.81 bits per heavy atom. The van der Waals surface area contributed by atoms with Crippen LogP contribution in [-0.4, -0.2) is 53.7 Å². The standard InChI is InChI=1S/C31H34N6O5/c1-2-5-27-26(29(39)36(30-32-19-33-37(27)30)22-12-14-23(15-13-22)41-17-16-38)18-20-8-10-21(11-9-20)24-6-3-4-7-25(24)28-34-31(40)42-35-28/h3-4,6-11,19,22-23,38H,2,5,12-18H2,1H3,(H,34,35,40). The van der Waals surface area contributed by atoms with E-state index < -0.39 is 5.76 Å². The molecule has 0 bridgehead atoms. The van der Waals surface area contributed by atoms with Gasteiger partial charge < -0.3 is 9.84 Å². The van der Waals surface area contributed by atoms with E-state index in [4.69, 9.17) is 14.4 Å². The lowest BCUT2D eigenvalue weighted by Gasteiger charge is -2.30. The predicted molar refractivity (Wildman–Crippen MR) is 156 cm³/mol. The highest BCUT2D eigenvalue weighted by Crippen LogP contribution is 2.32. The van der Waals surface area contributed by atoms with Crippen LogP contribution < -0.4 is 11.3 Å². The monoisotopic (exact) mass is 570 g/mol. The molecule has 0 spiro atoms. The van der Waals surface area contributed by atoms with E-state index in [2.05, 4.69) is 27.1 Å². The molecular weight excluding hydrogens is 536 g/mol. The zero-order valence-electron chi connectivity index (χ0n) is 23.5. The molecule has 5 aromatic rings. The van der Waals surface area contributed by atoms with E-state index in [9.17, 15) is 9.59 Å². The number of rotatable bonds is 10. The lowest BCUT2D eigenvalue weighted by molar-refractivity contribution is 0.00158. The van der Waals surface area contributed by atoms with Gasteiger partial charge in [0.15, 0.2) is 5.82 Å². The van der Waals surface area contributed by atoms with Crippen molar-refractivity contribution in [1.29, 1.82) is 0 Å². The van der Waals surface area contributed by atoms with Crippen LogP contribution in [0.4, 0.5) is 0 Å². The van der Waals surface area contributed by atoms with Gasteiger partial charge in [-0.2, -0.15) is 10.1 Å². The number of aliphatic hydroxyl groups is 1. The molecule has 0 amide bonds. The first kappa shape index (κ1) is 27.8. The third-order valence-electron chi connectivity index (χ3n) is 8.04. The summed E-state index contributed by atoms with van der Waals surface area (Å²) in [6, 6.07) is 15.8. The molecule has 1 aliphatic rings. The van der Waals surface area contributed by atoms with Crippen LogP contribution in [0.2, 0.25) is 0 Å². The lowest BCUT2D eigenvalue weighted by atomic mass is 9.92. The first-order valence-corrected chi connectivity index (χ1v) is 14.5. The number of fused-ring (bicyclic) bond motifs is 1. The van der Waals surface area contributed by atoms with Crippen molar-refractivity contribution in [3.63, 3.8) is 0 Å². The summed E-state index contributed by atoms with van der Waals surface area (Å²) >= 11 is 0. The number of aromatic amines is 1. The number of benzene rings is 2. The van der Waals surface area contributed by atoms with Crippen LogP contribution in [0.3, 0.4) is 0 Å². The second-order valence-electron chi connectivity index (χ2n) is 10.7. The summed E-state index contributed by atoms with van der Waals surface area (Å²) in [5.74, 6) is 0.362. The van der Waals surface area contributed by atoms with Crippen molar-refractivity contribution in [3.8, 4) is 22.5 Å². The average molecular weight is 571 g/mol. The van der Waals surface area contributed by atoms with E-state index in [-0.39, 0.29) is 24.3 Å². The summed E-state index contributed by atoms with van der Waals surface area (Å²) in [4.78, 5) is 32.9. The van der Waals surface area contributed by atoms with Crippen LogP contribution in [-0.2, 0) is 17.6 Å². The number of aliphatic hydroxyl groups excluding tert-OH is 1. The largest absolute Gasteiger partial charge is 0.439 e. The maximum atomic E-state index is 14.2.